The molecule has 1 amide bonds. The van der Waals surface area contributed by atoms with Crippen LogP contribution in [0.3, 0.4) is 0 Å². The molecule has 0 fully saturated rings. The van der Waals surface area contributed by atoms with Gasteiger partial charge in [0.15, 0.2) is 6.04 Å². The van der Waals surface area contributed by atoms with E-state index in [1.54, 1.807) is 48.7 Å². The number of aliphatic carboxylic acids is 1. The second kappa shape index (κ2) is 8.10. The van der Waals surface area contributed by atoms with Crippen molar-refractivity contribution in [1.82, 2.24) is 9.88 Å². The summed E-state index contributed by atoms with van der Waals surface area (Å²) in [5.41, 5.74) is 0.187. The summed E-state index contributed by atoms with van der Waals surface area (Å²) >= 11 is 0. The Hall–Kier alpha value is -2.89. The first kappa shape index (κ1) is 17.5. The Morgan fingerprint density at radius 1 is 1.12 bits per heavy atom. The highest BCUT2D eigenvalue weighted by atomic mass is 16.4. The largest absolute Gasteiger partial charge is 0.479 e. The molecule has 0 saturated heterocycles. The molecule has 0 saturated carbocycles. The summed E-state index contributed by atoms with van der Waals surface area (Å²) in [6.45, 7) is 1.90. The number of amides is 1. The van der Waals surface area contributed by atoms with Gasteiger partial charge in [0.1, 0.15) is 6.04 Å². The summed E-state index contributed by atoms with van der Waals surface area (Å²) in [5.74, 6) is -1.63. The Balaban J connectivity index is 2.28. The minimum absolute atomic E-state index is 0.294. The molecule has 6 nitrogen and oxygen atoms in total. The molecule has 0 aliphatic rings. The Kier molecular flexibility index (Phi) is 5.89. The number of hydrogen-bond donors (Lipinski definition) is 2. The van der Waals surface area contributed by atoms with Crippen molar-refractivity contribution in [3.05, 3.63) is 70.6 Å². The van der Waals surface area contributed by atoms with E-state index in [4.69, 9.17) is 0 Å². The molecule has 2 N–H and O–H groups in total. The first-order valence-corrected chi connectivity index (χ1v) is 7.80. The lowest BCUT2D eigenvalue weighted by molar-refractivity contribution is -0.142. The minimum Gasteiger partial charge on any atom is -0.479 e. The van der Waals surface area contributed by atoms with Gasteiger partial charge in [-0.25, -0.2) is 4.79 Å². The summed E-state index contributed by atoms with van der Waals surface area (Å²) in [7, 11) is 0. The van der Waals surface area contributed by atoms with E-state index in [0.717, 1.165) is 0 Å². The topological polar surface area (TPSA) is 88.4 Å². The van der Waals surface area contributed by atoms with Crippen LogP contribution in [-0.4, -0.2) is 21.6 Å². The van der Waals surface area contributed by atoms with E-state index in [1.165, 1.54) is 10.6 Å². The number of benzene rings is 1. The van der Waals surface area contributed by atoms with Gasteiger partial charge >= 0.3 is 5.97 Å². The van der Waals surface area contributed by atoms with Crippen molar-refractivity contribution in [3.63, 3.8) is 0 Å². The maximum atomic E-state index is 12.6. The SMILES string of the molecule is CCCC(C(=O)NC(C(=O)O)c1ccccc1)n1ccccc1=O. The van der Waals surface area contributed by atoms with Gasteiger partial charge in [-0.05, 0) is 18.1 Å². The Bertz CT molecular complexity index is 755. The molecule has 6 heteroatoms. The molecule has 2 rings (SSSR count). The van der Waals surface area contributed by atoms with Crippen molar-refractivity contribution in [1.29, 1.82) is 0 Å². The molecule has 1 heterocycles. The fourth-order valence-electron chi connectivity index (χ4n) is 2.54. The van der Waals surface area contributed by atoms with Crippen molar-refractivity contribution in [2.75, 3.05) is 0 Å². The zero-order chi connectivity index (χ0) is 17.5. The van der Waals surface area contributed by atoms with Crippen LogP contribution in [0.25, 0.3) is 0 Å². The first-order chi connectivity index (χ1) is 11.5. The smallest absolute Gasteiger partial charge is 0.330 e. The lowest BCUT2D eigenvalue weighted by atomic mass is 10.1. The molecule has 2 unspecified atom stereocenters. The highest BCUT2D eigenvalue weighted by Gasteiger charge is 2.27. The number of pyridine rings is 1. The average Bonchev–Trinajstić information content (AvgIpc) is 2.58. The molecule has 2 aromatic rings. The van der Waals surface area contributed by atoms with Crippen molar-refractivity contribution >= 4 is 11.9 Å². The highest BCUT2D eigenvalue weighted by molar-refractivity contribution is 5.86. The molecule has 0 bridgehead atoms. The number of nitrogens with one attached hydrogen (secondary N) is 1. The van der Waals surface area contributed by atoms with Gasteiger partial charge in [-0.15, -0.1) is 0 Å². The van der Waals surface area contributed by atoms with E-state index in [1.807, 2.05) is 6.92 Å². The van der Waals surface area contributed by atoms with Crippen LogP contribution in [0.15, 0.2) is 59.5 Å². The van der Waals surface area contributed by atoms with Crippen LogP contribution in [0.4, 0.5) is 0 Å². The number of hydrogen-bond acceptors (Lipinski definition) is 3. The third-order valence-corrected chi connectivity index (χ3v) is 3.72. The zero-order valence-corrected chi connectivity index (χ0v) is 13.4. The highest BCUT2D eigenvalue weighted by Crippen LogP contribution is 2.17. The van der Waals surface area contributed by atoms with E-state index in [9.17, 15) is 19.5 Å². The Labute approximate surface area is 139 Å². The number of carboxylic acid groups (broad SMARTS) is 1. The van der Waals surface area contributed by atoms with Gasteiger partial charge in [0.2, 0.25) is 5.91 Å². The first-order valence-electron chi connectivity index (χ1n) is 7.80. The number of rotatable bonds is 7. The predicted molar refractivity (Wildman–Crippen MR) is 89.6 cm³/mol. The van der Waals surface area contributed by atoms with E-state index in [2.05, 4.69) is 5.32 Å². The molecule has 0 spiro atoms. The van der Waals surface area contributed by atoms with Crippen LogP contribution >= 0.6 is 0 Å². The van der Waals surface area contributed by atoms with Gasteiger partial charge in [0.05, 0.1) is 0 Å². The quantitative estimate of drug-likeness (QED) is 0.815. The molecule has 1 aromatic heterocycles. The van der Waals surface area contributed by atoms with Gasteiger partial charge in [0.25, 0.3) is 5.56 Å². The van der Waals surface area contributed by atoms with Crippen LogP contribution in [0.1, 0.15) is 37.4 Å². The van der Waals surface area contributed by atoms with Crippen LogP contribution in [0.5, 0.6) is 0 Å². The second-order valence-corrected chi connectivity index (χ2v) is 5.44. The molecule has 0 aliphatic heterocycles. The van der Waals surface area contributed by atoms with E-state index in [-0.39, 0.29) is 5.56 Å². The van der Waals surface area contributed by atoms with Gasteiger partial charge in [-0.1, -0.05) is 49.7 Å². The van der Waals surface area contributed by atoms with Gasteiger partial charge in [0, 0.05) is 12.3 Å². The fourth-order valence-corrected chi connectivity index (χ4v) is 2.54. The summed E-state index contributed by atoms with van der Waals surface area (Å²) in [6.07, 6.45) is 2.67. The number of carboxylic acids is 1. The van der Waals surface area contributed by atoms with E-state index < -0.39 is 24.0 Å². The maximum Gasteiger partial charge on any atom is 0.330 e. The zero-order valence-electron chi connectivity index (χ0n) is 13.4. The van der Waals surface area contributed by atoms with Crippen molar-refractivity contribution in [2.24, 2.45) is 0 Å². The summed E-state index contributed by atoms with van der Waals surface area (Å²) < 4.78 is 1.34. The lowest BCUT2D eigenvalue weighted by Crippen LogP contribution is -2.41. The Morgan fingerprint density at radius 2 is 1.79 bits per heavy atom. The summed E-state index contributed by atoms with van der Waals surface area (Å²) in [5, 5.41) is 12.0. The van der Waals surface area contributed by atoms with Crippen LogP contribution in [0.2, 0.25) is 0 Å². The van der Waals surface area contributed by atoms with E-state index in [0.29, 0.717) is 18.4 Å². The van der Waals surface area contributed by atoms with Crippen LogP contribution < -0.4 is 10.9 Å². The van der Waals surface area contributed by atoms with Crippen LogP contribution in [0, 0.1) is 0 Å². The normalized spacial score (nSPS) is 13.0. The minimum atomic E-state index is -1.16. The number of carbonyl (C=O) groups is 2. The average molecular weight is 328 g/mol. The number of aromatic nitrogens is 1. The van der Waals surface area contributed by atoms with Crippen molar-refractivity contribution in [3.8, 4) is 0 Å². The molecular weight excluding hydrogens is 308 g/mol. The Morgan fingerprint density at radius 3 is 2.38 bits per heavy atom. The van der Waals surface area contributed by atoms with Gasteiger partial charge in [-0.3, -0.25) is 9.59 Å². The molecule has 24 heavy (non-hydrogen) atoms. The number of nitrogens with zero attached hydrogens (tertiary/aromatic N) is 1. The van der Waals surface area contributed by atoms with Crippen molar-refractivity contribution in [2.45, 2.75) is 31.8 Å². The molecule has 1 aromatic carbocycles. The third-order valence-electron chi connectivity index (χ3n) is 3.72. The lowest BCUT2D eigenvalue weighted by Gasteiger charge is -2.22. The summed E-state index contributed by atoms with van der Waals surface area (Å²) in [4.78, 5) is 36.2. The van der Waals surface area contributed by atoms with Gasteiger partial charge in [-0.2, -0.15) is 0 Å². The van der Waals surface area contributed by atoms with Crippen molar-refractivity contribution < 1.29 is 14.7 Å². The van der Waals surface area contributed by atoms with Gasteiger partial charge < -0.3 is 15.0 Å². The standard InChI is InChI=1S/C18H20N2O4/c1-2-8-14(20-12-7-6-11-15(20)21)17(22)19-16(18(23)24)13-9-4-3-5-10-13/h3-7,9-12,14,16H,2,8H2,1H3,(H,19,22)(H,23,24). The predicted octanol–water partition coefficient (Wildman–Crippen LogP) is 2.13. The number of carbonyl (C=O) groups excluding carboxylic acids is 1. The molecule has 126 valence electrons. The summed E-state index contributed by atoms with van der Waals surface area (Å²) in [6, 6.07) is 11.2. The maximum absolute atomic E-state index is 12.6. The molecule has 0 radical (unpaired) electrons. The third kappa shape index (κ3) is 4.10. The van der Waals surface area contributed by atoms with E-state index >= 15 is 0 Å². The monoisotopic (exact) mass is 328 g/mol. The molecule has 0 aliphatic carbocycles. The van der Waals surface area contributed by atoms with Crippen LogP contribution in [-0.2, 0) is 9.59 Å². The fraction of sp³-hybridized carbons (Fsp3) is 0.278. The molecular formula is C18H20N2O4. The molecule has 2 atom stereocenters. The second-order valence-electron chi connectivity index (χ2n) is 5.44.